The summed E-state index contributed by atoms with van der Waals surface area (Å²) in [6.45, 7) is 6.35. The van der Waals surface area contributed by atoms with Crippen LogP contribution < -0.4 is 0 Å². The fourth-order valence-corrected chi connectivity index (χ4v) is 0.333. The van der Waals surface area contributed by atoms with Gasteiger partial charge in [0.05, 0.1) is 0 Å². The van der Waals surface area contributed by atoms with Crippen molar-refractivity contribution in [3.8, 4) is 0 Å². The van der Waals surface area contributed by atoms with Crippen LogP contribution in [0.5, 0.6) is 0 Å². The zero-order valence-electron chi connectivity index (χ0n) is 5.03. The van der Waals surface area contributed by atoms with Gasteiger partial charge in [0.1, 0.15) is 0 Å². The average molecular weight is 163 g/mol. The van der Waals surface area contributed by atoms with E-state index in [1.807, 2.05) is 6.92 Å². The molecule has 0 amide bonds. The van der Waals surface area contributed by atoms with Gasteiger partial charge in [-0.1, -0.05) is 35.9 Å². The fraction of sp³-hybridized carbons (Fsp3) is 0.667. The second-order valence-corrected chi connectivity index (χ2v) is 2.74. The first-order valence-corrected chi connectivity index (χ1v) is 3.29. The minimum atomic E-state index is 0.644. The summed E-state index contributed by atoms with van der Waals surface area (Å²) in [5.41, 5.74) is 0. The summed E-state index contributed by atoms with van der Waals surface area (Å²) in [5.74, 6) is 0.644. The van der Waals surface area contributed by atoms with Crippen molar-refractivity contribution in [1.82, 2.24) is 0 Å². The number of halogens is 1. The largest absolute Gasteiger partial charge is 0.0772 e. The van der Waals surface area contributed by atoms with Gasteiger partial charge < -0.3 is 0 Å². The number of hydrogen-bond donors (Lipinski definition) is 0. The summed E-state index contributed by atoms with van der Waals surface area (Å²) in [6.07, 6.45) is 2.07. The zero-order valence-corrected chi connectivity index (χ0v) is 6.62. The first kappa shape index (κ1) is 7.22. The molecule has 0 spiro atoms. The Hall–Kier alpha value is 0.220. The summed E-state index contributed by atoms with van der Waals surface area (Å²) < 4.78 is 1.28. The highest BCUT2D eigenvalue weighted by atomic mass is 79.9. The van der Waals surface area contributed by atoms with Crippen molar-refractivity contribution in [3.63, 3.8) is 0 Å². The van der Waals surface area contributed by atoms with E-state index in [1.54, 1.807) is 0 Å². The molecule has 0 aliphatic carbocycles. The second-order valence-electron chi connectivity index (χ2n) is 1.83. The predicted molar refractivity (Wildman–Crippen MR) is 37.5 cm³/mol. The van der Waals surface area contributed by atoms with E-state index in [4.69, 9.17) is 0 Å². The van der Waals surface area contributed by atoms with E-state index in [9.17, 15) is 0 Å². The van der Waals surface area contributed by atoms with Gasteiger partial charge in [0.15, 0.2) is 0 Å². The van der Waals surface area contributed by atoms with Crippen molar-refractivity contribution in [1.29, 1.82) is 0 Å². The standard InChI is InChI=1S/C6H11Br/c1-4-6(7)5(2)3/h4-5H,1-3H3. The van der Waals surface area contributed by atoms with Crippen LogP contribution in [0.2, 0.25) is 0 Å². The lowest BCUT2D eigenvalue weighted by Crippen LogP contribution is -1.82. The molecule has 0 heterocycles. The molecule has 0 nitrogen and oxygen atoms in total. The first-order chi connectivity index (χ1) is 3.18. The van der Waals surface area contributed by atoms with Gasteiger partial charge in [-0.05, 0) is 17.3 Å². The van der Waals surface area contributed by atoms with Crippen LogP contribution in [0.15, 0.2) is 10.6 Å². The number of hydrogen-bond acceptors (Lipinski definition) is 0. The Morgan fingerprint density at radius 1 is 1.57 bits per heavy atom. The molecular weight excluding hydrogens is 152 g/mol. The van der Waals surface area contributed by atoms with Crippen molar-refractivity contribution >= 4 is 15.9 Å². The van der Waals surface area contributed by atoms with Crippen LogP contribution >= 0.6 is 15.9 Å². The highest BCUT2D eigenvalue weighted by Gasteiger charge is 1.92. The molecule has 0 aromatic rings. The highest BCUT2D eigenvalue weighted by Crippen LogP contribution is 2.14. The van der Waals surface area contributed by atoms with Crippen LogP contribution in [-0.2, 0) is 0 Å². The summed E-state index contributed by atoms with van der Waals surface area (Å²) in [5, 5.41) is 0. The van der Waals surface area contributed by atoms with Gasteiger partial charge in [-0.2, -0.15) is 0 Å². The molecule has 0 aliphatic heterocycles. The maximum atomic E-state index is 3.40. The molecule has 0 radical (unpaired) electrons. The minimum Gasteiger partial charge on any atom is -0.0772 e. The second kappa shape index (κ2) is 3.25. The Morgan fingerprint density at radius 3 is 2.00 bits per heavy atom. The Bertz CT molecular complexity index is 72.2. The van der Waals surface area contributed by atoms with Crippen LogP contribution in [0.25, 0.3) is 0 Å². The molecule has 42 valence electrons. The molecular formula is C6H11Br. The van der Waals surface area contributed by atoms with E-state index < -0.39 is 0 Å². The fourth-order valence-electron chi connectivity index (χ4n) is 0.333. The van der Waals surface area contributed by atoms with Crippen molar-refractivity contribution in [2.75, 3.05) is 0 Å². The topological polar surface area (TPSA) is 0 Å². The van der Waals surface area contributed by atoms with Gasteiger partial charge in [-0.15, -0.1) is 0 Å². The average Bonchev–Trinajstić information content (AvgIpc) is 1.65. The Balaban J connectivity index is 3.56. The van der Waals surface area contributed by atoms with Gasteiger partial charge in [0.2, 0.25) is 0 Å². The molecule has 0 aromatic carbocycles. The monoisotopic (exact) mass is 162 g/mol. The molecule has 0 atom stereocenters. The van der Waals surface area contributed by atoms with Crippen LogP contribution in [0.1, 0.15) is 20.8 Å². The van der Waals surface area contributed by atoms with Crippen molar-refractivity contribution in [3.05, 3.63) is 10.6 Å². The molecule has 0 unspecified atom stereocenters. The van der Waals surface area contributed by atoms with E-state index in [0.29, 0.717) is 5.92 Å². The lowest BCUT2D eigenvalue weighted by molar-refractivity contribution is 0.819. The van der Waals surface area contributed by atoms with E-state index in [2.05, 4.69) is 35.9 Å². The molecule has 0 aliphatic rings. The SMILES string of the molecule is CC=C(Br)C(C)C. The lowest BCUT2D eigenvalue weighted by Gasteiger charge is -1.98. The van der Waals surface area contributed by atoms with Crippen molar-refractivity contribution < 1.29 is 0 Å². The van der Waals surface area contributed by atoms with Crippen LogP contribution in [0.3, 0.4) is 0 Å². The van der Waals surface area contributed by atoms with Crippen LogP contribution in [0, 0.1) is 5.92 Å². The summed E-state index contributed by atoms with van der Waals surface area (Å²) in [4.78, 5) is 0. The molecule has 0 rings (SSSR count). The highest BCUT2D eigenvalue weighted by molar-refractivity contribution is 9.11. The predicted octanol–water partition coefficient (Wildman–Crippen LogP) is 2.94. The van der Waals surface area contributed by atoms with Gasteiger partial charge >= 0.3 is 0 Å². The first-order valence-electron chi connectivity index (χ1n) is 2.50. The van der Waals surface area contributed by atoms with Gasteiger partial charge in [-0.3, -0.25) is 0 Å². The smallest absolute Gasteiger partial charge is 0.00665 e. The molecule has 0 N–H and O–H groups in total. The third-order valence-electron chi connectivity index (χ3n) is 0.827. The van der Waals surface area contributed by atoms with Crippen molar-refractivity contribution in [2.45, 2.75) is 20.8 Å². The molecule has 0 aromatic heterocycles. The third-order valence-corrected chi connectivity index (χ3v) is 2.20. The summed E-state index contributed by atoms with van der Waals surface area (Å²) in [6, 6.07) is 0. The molecule has 0 saturated heterocycles. The minimum absolute atomic E-state index is 0.644. The van der Waals surface area contributed by atoms with E-state index in [-0.39, 0.29) is 0 Å². The normalized spacial score (nSPS) is 13.0. The van der Waals surface area contributed by atoms with E-state index in [1.165, 1.54) is 4.48 Å². The molecule has 7 heavy (non-hydrogen) atoms. The molecule has 1 heteroatoms. The summed E-state index contributed by atoms with van der Waals surface area (Å²) >= 11 is 3.40. The Labute approximate surface area is 53.7 Å². The van der Waals surface area contributed by atoms with Gasteiger partial charge in [0.25, 0.3) is 0 Å². The molecule has 0 saturated carbocycles. The zero-order chi connectivity index (χ0) is 5.86. The Morgan fingerprint density at radius 2 is 2.00 bits per heavy atom. The summed E-state index contributed by atoms with van der Waals surface area (Å²) in [7, 11) is 0. The van der Waals surface area contributed by atoms with Crippen LogP contribution in [0.4, 0.5) is 0 Å². The van der Waals surface area contributed by atoms with Crippen molar-refractivity contribution in [2.24, 2.45) is 5.92 Å². The maximum Gasteiger partial charge on any atom is -0.00665 e. The number of rotatable bonds is 1. The maximum absolute atomic E-state index is 3.40. The molecule has 0 fully saturated rings. The van der Waals surface area contributed by atoms with E-state index >= 15 is 0 Å². The Kier molecular flexibility index (Phi) is 3.35. The third kappa shape index (κ3) is 2.86. The van der Waals surface area contributed by atoms with Gasteiger partial charge in [0, 0.05) is 0 Å². The quantitative estimate of drug-likeness (QED) is 0.557. The number of allylic oxidation sites excluding steroid dienone is 2. The van der Waals surface area contributed by atoms with Gasteiger partial charge in [-0.25, -0.2) is 0 Å². The lowest BCUT2D eigenvalue weighted by atomic mass is 10.2. The van der Waals surface area contributed by atoms with Crippen LogP contribution in [-0.4, -0.2) is 0 Å². The molecule has 0 bridgehead atoms. The van der Waals surface area contributed by atoms with E-state index in [0.717, 1.165) is 0 Å².